The number of carbonyl (C=O) groups is 2. The maximum atomic E-state index is 13.3. The summed E-state index contributed by atoms with van der Waals surface area (Å²) in [5, 5.41) is 14.4. The Morgan fingerprint density at radius 3 is 2.68 bits per heavy atom. The second kappa shape index (κ2) is 9.15. The molecule has 0 radical (unpaired) electrons. The zero-order valence-electron chi connectivity index (χ0n) is 15.9. The molecule has 0 atom stereocenters. The van der Waals surface area contributed by atoms with E-state index >= 15 is 0 Å². The third kappa shape index (κ3) is 5.01. The lowest BCUT2D eigenvalue weighted by atomic mass is 10.2. The lowest BCUT2D eigenvalue weighted by molar-refractivity contribution is -0.113. The van der Waals surface area contributed by atoms with Crippen molar-refractivity contribution in [2.75, 3.05) is 16.4 Å². The molecule has 0 saturated heterocycles. The van der Waals surface area contributed by atoms with E-state index in [2.05, 4.69) is 20.8 Å². The largest absolute Gasteiger partial charge is 0.324 e. The standard InChI is InChI=1S/C21H15ClFN5O2S/c22-16-6-1-2-7-17(16)25-19(29)12-31-21-27-26-18-9-8-13(11-28(18)21)20(30)24-15-5-3-4-14(23)10-15/h1-11H,12H2,(H,24,30)(H,25,29). The van der Waals surface area contributed by atoms with Gasteiger partial charge in [-0.3, -0.25) is 14.0 Å². The molecule has 0 fully saturated rings. The number of thioether (sulfide) groups is 1. The Labute approximate surface area is 185 Å². The molecule has 4 aromatic rings. The molecular formula is C21H15ClFN5O2S. The van der Waals surface area contributed by atoms with E-state index in [0.717, 1.165) is 0 Å². The van der Waals surface area contributed by atoms with Crippen molar-refractivity contribution >= 4 is 52.2 Å². The van der Waals surface area contributed by atoms with Gasteiger partial charge in [-0.1, -0.05) is 41.6 Å². The van der Waals surface area contributed by atoms with Gasteiger partial charge in [-0.15, -0.1) is 10.2 Å². The van der Waals surface area contributed by atoms with Crippen molar-refractivity contribution in [3.63, 3.8) is 0 Å². The first kappa shape index (κ1) is 20.8. The number of hydrogen-bond donors (Lipinski definition) is 2. The average molecular weight is 456 g/mol. The Kier molecular flexibility index (Phi) is 6.15. The predicted molar refractivity (Wildman–Crippen MR) is 118 cm³/mol. The van der Waals surface area contributed by atoms with E-state index in [1.165, 1.54) is 30.0 Å². The van der Waals surface area contributed by atoms with Gasteiger partial charge in [-0.25, -0.2) is 4.39 Å². The van der Waals surface area contributed by atoms with Gasteiger partial charge < -0.3 is 10.6 Å². The summed E-state index contributed by atoms with van der Waals surface area (Å²) in [5.41, 5.74) is 1.73. The van der Waals surface area contributed by atoms with Crippen LogP contribution < -0.4 is 10.6 Å². The number of carbonyl (C=O) groups excluding carboxylic acids is 2. The zero-order chi connectivity index (χ0) is 21.8. The smallest absolute Gasteiger partial charge is 0.257 e. The van der Waals surface area contributed by atoms with E-state index in [0.29, 0.717) is 32.8 Å². The molecule has 0 bridgehead atoms. The van der Waals surface area contributed by atoms with Crippen LogP contribution in [0.15, 0.2) is 72.0 Å². The summed E-state index contributed by atoms with van der Waals surface area (Å²) in [5.74, 6) is -1.03. The highest BCUT2D eigenvalue weighted by Crippen LogP contribution is 2.22. The van der Waals surface area contributed by atoms with E-state index < -0.39 is 11.7 Å². The molecule has 0 aliphatic carbocycles. The summed E-state index contributed by atoms with van der Waals surface area (Å²) in [6, 6.07) is 15.8. The molecule has 4 rings (SSSR count). The van der Waals surface area contributed by atoms with Gasteiger partial charge in [-0.05, 0) is 42.5 Å². The first-order valence-electron chi connectivity index (χ1n) is 9.08. The van der Waals surface area contributed by atoms with Crippen LogP contribution in [0.4, 0.5) is 15.8 Å². The highest BCUT2D eigenvalue weighted by Gasteiger charge is 2.13. The quantitative estimate of drug-likeness (QED) is 0.418. The first-order chi connectivity index (χ1) is 15.0. The minimum absolute atomic E-state index is 0.0751. The lowest BCUT2D eigenvalue weighted by Gasteiger charge is -2.07. The number of nitrogens with zero attached hydrogens (tertiary/aromatic N) is 3. The van der Waals surface area contributed by atoms with Gasteiger partial charge in [0.25, 0.3) is 5.91 Å². The molecule has 31 heavy (non-hydrogen) atoms. The maximum absolute atomic E-state index is 13.3. The van der Waals surface area contributed by atoms with Crippen molar-refractivity contribution in [1.29, 1.82) is 0 Å². The number of amides is 2. The van der Waals surface area contributed by atoms with Gasteiger partial charge in [0.05, 0.1) is 22.0 Å². The van der Waals surface area contributed by atoms with Gasteiger partial charge >= 0.3 is 0 Å². The molecule has 156 valence electrons. The number of benzene rings is 2. The summed E-state index contributed by atoms with van der Waals surface area (Å²) in [4.78, 5) is 24.8. The van der Waals surface area contributed by atoms with Gasteiger partial charge in [-0.2, -0.15) is 0 Å². The van der Waals surface area contributed by atoms with Crippen LogP contribution in [0, 0.1) is 5.82 Å². The fraction of sp³-hybridized carbons (Fsp3) is 0.0476. The summed E-state index contributed by atoms with van der Waals surface area (Å²) in [6.45, 7) is 0. The third-order valence-electron chi connectivity index (χ3n) is 4.20. The Morgan fingerprint density at radius 1 is 1.03 bits per heavy atom. The molecule has 0 spiro atoms. The SMILES string of the molecule is O=C(CSc1nnc2ccc(C(=O)Nc3cccc(F)c3)cn12)Nc1ccccc1Cl. The van der Waals surface area contributed by atoms with Crippen LogP contribution in [0.1, 0.15) is 10.4 Å². The predicted octanol–water partition coefficient (Wildman–Crippen LogP) is 4.50. The van der Waals surface area contributed by atoms with Crippen molar-refractivity contribution in [2.45, 2.75) is 5.16 Å². The van der Waals surface area contributed by atoms with Crippen LogP contribution in [-0.4, -0.2) is 32.2 Å². The maximum Gasteiger partial charge on any atom is 0.257 e. The Balaban J connectivity index is 1.46. The number of halogens is 2. The Hall–Kier alpha value is -3.43. The fourth-order valence-corrected chi connectivity index (χ4v) is 3.65. The number of pyridine rings is 1. The van der Waals surface area contributed by atoms with Crippen LogP contribution in [0.5, 0.6) is 0 Å². The molecule has 2 aromatic carbocycles. The normalized spacial score (nSPS) is 10.8. The van der Waals surface area contributed by atoms with Crippen LogP contribution in [0.3, 0.4) is 0 Å². The lowest BCUT2D eigenvalue weighted by Crippen LogP contribution is -2.15. The second-order valence-corrected chi connectivity index (χ2v) is 7.76. The van der Waals surface area contributed by atoms with E-state index in [1.807, 2.05) is 0 Å². The Morgan fingerprint density at radius 2 is 1.87 bits per heavy atom. The third-order valence-corrected chi connectivity index (χ3v) is 5.47. The molecule has 2 N–H and O–H groups in total. The van der Waals surface area contributed by atoms with E-state index in [4.69, 9.17) is 11.6 Å². The van der Waals surface area contributed by atoms with Crippen LogP contribution >= 0.6 is 23.4 Å². The highest BCUT2D eigenvalue weighted by molar-refractivity contribution is 7.99. The monoisotopic (exact) mass is 455 g/mol. The van der Waals surface area contributed by atoms with Crippen molar-refractivity contribution < 1.29 is 14.0 Å². The molecule has 0 saturated carbocycles. The summed E-state index contributed by atoms with van der Waals surface area (Å²) in [7, 11) is 0. The van der Waals surface area contributed by atoms with E-state index in [-0.39, 0.29) is 11.7 Å². The number of anilines is 2. The number of nitrogens with one attached hydrogen (secondary N) is 2. The molecule has 0 aliphatic rings. The summed E-state index contributed by atoms with van der Waals surface area (Å²) in [6.07, 6.45) is 1.57. The number of hydrogen-bond acceptors (Lipinski definition) is 5. The van der Waals surface area contributed by atoms with Crippen LogP contribution in [0.2, 0.25) is 5.02 Å². The first-order valence-corrected chi connectivity index (χ1v) is 10.4. The minimum atomic E-state index is -0.444. The Bertz CT molecular complexity index is 1280. The molecule has 0 unspecified atom stereocenters. The topological polar surface area (TPSA) is 88.4 Å². The second-order valence-electron chi connectivity index (χ2n) is 6.41. The molecule has 2 aromatic heterocycles. The van der Waals surface area contributed by atoms with Gasteiger partial charge in [0.1, 0.15) is 5.82 Å². The van der Waals surface area contributed by atoms with Crippen molar-refractivity contribution in [3.8, 4) is 0 Å². The molecular weight excluding hydrogens is 441 g/mol. The fourth-order valence-electron chi connectivity index (χ4n) is 2.75. The van der Waals surface area contributed by atoms with Crippen molar-refractivity contribution in [3.05, 3.63) is 83.3 Å². The van der Waals surface area contributed by atoms with Crippen molar-refractivity contribution in [1.82, 2.24) is 14.6 Å². The number of para-hydroxylation sites is 1. The number of rotatable bonds is 6. The zero-order valence-corrected chi connectivity index (χ0v) is 17.5. The highest BCUT2D eigenvalue weighted by atomic mass is 35.5. The molecule has 7 nitrogen and oxygen atoms in total. The van der Waals surface area contributed by atoms with Gasteiger partial charge in [0.2, 0.25) is 5.91 Å². The summed E-state index contributed by atoms with van der Waals surface area (Å²) < 4.78 is 15.0. The van der Waals surface area contributed by atoms with Crippen LogP contribution in [-0.2, 0) is 4.79 Å². The number of aromatic nitrogens is 3. The molecule has 0 aliphatic heterocycles. The number of fused-ring (bicyclic) bond motifs is 1. The summed E-state index contributed by atoms with van der Waals surface area (Å²) >= 11 is 7.22. The van der Waals surface area contributed by atoms with E-state index in [1.54, 1.807) is 53.1 Å². The average Bonchev–Trinajstić information content (AvgIpc) is 3.16. The molecule has 10 heteroatoms. The van der Waals surface area contributed by atoms with Crippen molar-refractivity contribution in [2.24, 2.45) is 0 Å². The molecule has 2 heterocycles. The van der Waals surface area contributed by atoms with Gasteiger partial charge in [0, 0.05) is 11.9 Å². The van der Waals surface area contributed by atoms with Gasteiger partial charge in [0.15, 0.2) is 10.8 Å². The molecule has 2 amide bonds. The van der Waals surface area contributed by atoms with Crippen LogP contribution in [0.25, 0.3) is 5.65 Å². The van der Waals surface area contributed by atoms with E-state index in [9.17, 15) is 14.0 Å². The minimum Gasteiger partial charge on any atom is -0.324 e.